The van der Waals surface area contributed by atoms with Gasteiger partial charge in [0.25, 0.3) is 5.92 Å². The minimum atomic E-state index is -2.60. The number of H-pyrrole nitrogens is 2. The van der Waals surface area contributed by atoms with Crippen LogP contribution in [-0.2, 0) is 6.54 Å². The molecule has 1 aliphatic heterocycles. The molecule has 1 aromatic carbocycles. The molecule has 0 atom stereocenters. The zero-order chi connectivity index (χ0) is 25.0. The summed E-state index contributed by atoms with van der Waals surface area (Å²) in [6, 6.07) is 10.3. The Hall–Kier alpha value is -4.17. The van der Waals surface area contributed by atoms with Gasteiger partial charge in [-0.15, -0.1) is 0 Å². The summed E-state index contributed by atoms with van der Waals surface area (Å²) in [5, 5.41) is 9.87. The molecule has 4 aromatic heterocycles. The zero-order valence-electron chi connectivity index (χ0n) is 20.0. The summed E-state index contributed by atoms with van der Waals surface area (Å²) in [4.78, 5) is 14.1. The number of allylic oxidation sites excluding steroid dienone is 4. The summed E-state index contributed by atoms with van der Waals surface area (Å²) in [6.07, 6.45) is 14.7. The van der Waals surface area contributed by atoms with E-state index >= 15 is 0 Å². The topological polar surface area (TPSA) is 73.5 Å². The third kappa shape index (κ3) is 4.03. The van der Waals surface area contributed by atoms with Crippen molar-refractivity contribution in [3.8, 4) is 22.5 Å². The third-order valence-corrected chi connectivity index (χ3v) is 7.23. The number of likely N-dealkylation sites (tertiary alicyclic amines) is 1. The number of halogens is 2. The van der Waals surface area contributed by atoms with Crippen molar-refractivity contribution in [1.29, 1.82) is 0 Å². The van der Waals surface area contributed by atoms with Gasteiger partial charge < -0.3 is 4.98 Å². The van der Waals surface area contributed by atoms with Crippen molar-refractivity contribution in [2.24, 2.45) is 0 Å². The molecule has 0 saturated carbocycles. The van der Waals surface area contributed by atoms with Crippen molar-refractivity contribution in [3.05, 3.63) is 84.5 Å². The first-order valence-corrected chi connectivity index (χ1v) is 12.4. The number of benzene rings is 1. The van der Waals surface area contributed by atoms with Crippen molar-refractivity contribution in [3.63, 3.8) is 0 Å². The van der Waals surface area contributed by atoms with Gasteiger partial charge >= 0.3 is 0 Å². The second-order valence-corrected chi connectivity index (χ2v) is 9.86. The van der Waals surface area contributed by atoms with E-state index in [4.69, 9.17) is 0 Å². The average Bonchev–Trinajstić information content (AvgIpc) is 3.69. The summed E-state index contributed by atoms with van der Waals surface area (Å²) < 4.78 is 27.3. The van der Waals surface area contributed by atoms with Crippen LogP contribution in [0.1, 0.15) is 24.0 Å². The standard InChI is InChI=1S/C29H24F2N6/c30-29(31)7-8-37(17-29)16-18-9-21(13-32-12-18)20-5-6-25-23(10-20)28(36-35-25)26-11-22-24(19-3-1-2-4-19)14-33-15-27(22)34-26/h1,3-6,9-15,34H,2,7-8,16-17H2,(H,35,36). The molecule has 1 saturated heterocycles. The van der Waals surface area contributed by atoms with Gasteiger partial charge in [0.1, 0.15) is 5.69 Å². The molecule has 2 aliphatic rings. The van der Waals surface area contributed by atoms with Crippen LogP contribution in [0.15, 0.2) is 73.3 Å². The highest BCUT2D eigenvalue weighted by atomic mass is 19.3. The second-order valence-electron chi connectivity index (χ2n) is 9.86. The summed E-state index contributed by atoms with van der Waals surface area (Å²) in [7, 11) is 0. The van der Waals surface area contributed by atoms with Crippen LogP contribution in [0.5, 0.6) is 0 Å². The Morgan fingerprint density at radius 2 is 1.86 bits per heavy atom. The Morgan fingerprint density at radius 3 is 2.70 bits per heavy atom. The normalized spacial score (nSPS) is 17.3. The Labute approximate surface area is 211 Å². The van der Waals surface area contributed by atoms with E-state index in [0.29, 0.717) is 13.1 Å². The monoisotopic (exact) mass is 494 g/mol. The fourth-order valence-corrected chi connectivity index (χ4v) is 5.40. The van der Waals surface area contributed by atoms with Gasteiger partial charge in [0.2, 0.25) is 0 Å². The lowest BCUT2D eigenvalue weighted by atomic mass is 10.0. The molecule has 2 N–H and O–H groups in total. The summed E-state index contributed by atoms with van der Waals surface area (Å²) in [6.45, 7) is 0.667. The van der Waals surface area contributed by atoms with Crippen LogP contribution in [0.25, 0.3) is 49.9 Å². The highest BCUT2D eigenvalue weighted by molar-refractivity contribution is 6.01. The van der Waals surface area contributed by atoms with E-state index in [1.54, 1.807) is 11.1 Å². The molecule has 5 aromatic rings. The number of hydrogen-bond donors (Lipinski definition) is 2. The number of pyridine rings is 2. The first-order chi connectivity index (χ1) is 18.0. The van der Waals surface area contributed by atoms with Gasteiger partial charge in [0.05, 0.1) is 29.5 Å². The number of alkyl halides is 2. The largest absolute Gasteiger partial charge is 0.352 e. The highest BCUT2D eigenvalue weighted by Crippen LogP contribution is 2.35. The molecule has 184 valence electrons. The first kappa shape index (κ1) is 22.1. The van der Waals surface area contributed by atoms with Crippen molar-refractivity contribution in [2.75, 3.05) is 13.1 Å². The Kier molecular flexibility index (Phi) is 5.04. The predicted molar refractivity (Wildman–Crippen MR) is 141 cm³/mol. The maximum atomic E-state index is 13.6. The molecule has 7 rings (SSSR count). The van der Waals surface area contributed by atoms with Crippen LogP contribution in [0.2, 0.25) is 0 Å². The molecule has 0 amide bonds. The molecule has 8 heteroatoms. The molecule has 0 spiro atoms. The maximum absolute atomic E-state index is 13.6. The molecule has 0 unspecified atom stereocenters. The number of fused-ring (bicyclic) bond motifs is 2. The molecular formula is C29H24F2N6. The Bertz CT molecular complexity index is 1710. The number of hydrogen-bond acceptors (Lipinski definition) is 4. The number of rotatable bonds is 5. The predicted octanol–water partition coefficient (Wildman–Crippen LogP) is 6.35. The fraction of sp³-hybridized carbons (Fsp3) is 0.207. The van der Waals surface area contributed by atoms with E-state index in [1.165, 1.54) is 5.57 Å². The van der Waals surface area contributed by atoms with Gasteiger partial charge in [-0.2, -0.15) is 5.10 Å². The number of nitrogens with one attached hydrogen (secondary N) is 2. The minimum Gasteiger partial charge on any atom is -0.352 e. The number of aromatic amines is 2. The van der Waals surface area contributed by atoms with Crippen molar-refractivity contribution in [1.82, 2.24) is 30.0 Å². The molecule has 0 bridgehead atoms. The van der Waals surface area contributed by atoms with E-state index < -0.39 is 5.92 Å². The van der Waals surface area contributed by atoms with Crippen molar-refractivity contribution < 1.29 is 8.78 Å². The van der Waals surface area contributed by atoms with Gasteiger partial charge in [0.15, 0.2) is 0 Å². The van der Waals surface area contributed by atoms with E-state index in [9.17, 15) is 8.78 Å². The highest BCUT2D eigenvalue weighted by Gasteiger charge is 2.37. The quantitative estimate of drug-likeness (QED) is 0.299. The van der Waals surface area contributed by atoms with Gasteiger partial charge in [-0.05, 0) is 47.4 Å². The van der Waals surface area contributed by atoms with Crippen LogP contribution in [0.4, 0.5) is 8.78 Å². The fourth-order valence-electron chi connectivity index (χ4n) is 5.40. The first-order valence-electron chi connectivity index (χ1n) is 12.4. The van der Waals surface area contributed by atoms with Crippen LogP contribution in [0, 0.1) is 0 Å². The molecule has 0 radical (unpaired) electrons. The van der Waals surface area contributed by atoms with Crippen molar-refractivity contribution >= 4 is 27.4 Å². The Balaban J connectivity index is 1.24. The SMILES string of the molecule is FC1(F)CCN(Cc2cncc(-c3ccc4[nH]nc(-c5cc6c(C7=CCC=C7)cncc6[nH]5)c4c3)c2)C1. The smallest absolute Gasteiger partial charge is 0.261 e. The molecular weight excluding hydrogens is 470 g/mol. The summed E-state index contributed by atoms with van der Waals surface area (Å²) in [5.74, 6) is -2.60. The van der Waals surface area contributed by atoms with Crippen LogP contribution >= 0.6 is 0 Å². The molecule has 5 heterocycles. The Morgan fingerprint density at radius 1 is 0.946 bits per heavy atom. The van der Waals surface area contributed by atoms with Crippen LogP contribution < -0.4 is 0 Å². The second kappa shape index (κ2) is 8.45. The molecule has 6 nitrogen and oxygen atoms in total. The van der Waals surface area contributed by atoms with Crippen LogP contribution in [0.3, 0.4) is 0 Å². The third-order valence-electron chi connectivity index (χ3n) is 7.23. The lowest BCUT2D eigenvalue weighted by Gasteiger charge is -2.15. The lowest BCUT2D eigenvalue weighted by molar-refractivity contribution is 0.0115. The van der Waals surface area contributed by atoms with Gasteiger partial charge in [-0.3, -0.25) is 20.0 Å². The van der Waals surface area contributed by atoms with Gasteiger partial charge in [-0.1, -0.05) is 24.3 Å². The van der Waals surface area contributed by atoms with Crippen molar-refractivity contribution in [2.45, 2.75) is 25.3 Å². The lowest BCUT2D eigenvalue weighted by Crippen LogP contribution is -2.24. The van der Waals surface area contributed by atoms with Crippen LogP contribution in [-0.4, -0.2) is 49.1 Å². The van der Waals surface area contributed by atoms with E-state index in [2.05, 4.69) is 55.5 Å². The van der Waals surface area contributed by atoms with E-state index in [0.717, 1.165) is 61.9 Å². The minimum absolute atomic E-state index is 0.0837. The summed E-state index contributed by atoms with van der Waals surface area (Å²) >= 11 is 0. The molecule has 37 heavy (non-hydrogen) atoms. The van der Waals surface area contributed by atoms with Gasteiger partial charge in [0, 0.05) is 60.0 Å². The van der Waals surface area contributed by atoms with E-state index in [-0.39, 0.29) is 13.0 Å². The molecule has 1 fully saturated rings. The van der Waals surface area contributed by atoms with Gasteiger partial charge in [-0.25, -0.2) is 8.78 Å². The zero-order valence-corrected chi connectivity index (χ0v) is 20.0. The number of nitrogens with zero attached hydrogens (tertiary/aromatic N) is 4. The average molecular weight is 495 g/mol. The summed E-state index contributed by atoms with van der Waals surface area (Å²) in [5.41, 5.74) is 8.79. The number of aromatic nitrogens is 5. The maximum Gasteiger partial charge on any atom is 0.261 e. The molecule has 1 aliphatic carbocycles. The van der Waals surface area contributed by atoms with E-state index in [1.807, 2.05) is 36.8 Å².